The number of ether oxygens (including phenoxy) is 2. The predicted octanol–water partition coefficient (Wildman–Crippen LogP) is 2.13. The summed E-state index contributed by atoms with van der Waals surface area (Å²) in [6, 6.07) is 1.91. The van der Waals surface area contributed by atoms with E-state index in [1.54, 1.807) is 6.20 Å². The highest BCUT2D eigenvalue weighted by molar-refractivity contribution is 7.15. The Hall–Kier alpha value is -2.34. The van der Waals surface area contributed by atoms with E-state index in [9.17, 15) is 4.79 Å². The quantitative estimate of drug-likeness (QED) is 0.494. The molecule has 31 heavy (non-hydrogen) atoms. The molecule has 0 amide bonds. The normalized spacial score (nSPS) is 15.8. The van der Waals surface area contributed by atoms with E-state index in [1.807, 2.05) is 26.8 Å². The number of carboxylic acid groups (broad SMARTS) is 1. The number of nitrogens with zero attached hydrogens (tertiary/aromatic N) is 5. The Kier molecular flexibility index (Phi) is 8.52. The molecule has 0 saturated carbocycles. The number of carbonyl (C=O) groups is 1. The SMILES string of the molecule is CCOC(C)OCCN1CCN(c2cc(Nc3ncc(CC(=O)O)s3)nc(C)n2)CC1. The summed E-state index contributed by atoms with van der Waals surface area (Å²) in [5, 5.41) is 12.7. The highest BCUT2D eigenvalue weighted by atomic mass is 32.1. The number of aromatic nitrogens is 3. The Bertz CT molecular complexity index is 856. The van der Waals surface area contributed by atoms with Crippen LogP contribution in [0.5, 0.6) is 0 Å². The van der Waals surface area contributed by atoms with E-state index >= 15 is 0 Å². The molecular weight excluding hydrogens is 420 g/mol. The van der Waals surface area contributed by atoms with Gasteiger partial charge in [0.25, 0.3) is 0 Å². The summed E-state index contributed by atoms with van der Waals surface area (Å²) in [5.74, 6) is 1.32. The maximum absolute atomic E-state index is 10.9. The van der Waals surface area contributed by atoms with Crippen molar-refractivity contribution < 1.29 is 19.4 Å². The average molecular weight is 451 g/mol. The standard InChI is InChI=1S/C20H30N6O4S/c1-4-29-15(3)30-10-9-25-5-7-26(8-6-25)18-12-17(22-14(2)23-18)24-20-21-13-16(31-20)11-19(27)28/h12-13,15H,4-11H2,1-3H3,(H,27,28)(H,21,22,23,24). The molecule has 2 aromatic rings. The molecule has 3 heterocycles. The number of nitrogens with one attached hydrogen (secondary N) is 1. The summed E-state index contributed by atoms with van der Waals surface area (Å²) >= 11 is 1.31. The molecule has 1 aliphatic rings. The van der Waals surface area contributed by atoms with E-state index < -0.39 is 5.97 Å². The second kappa shape index (κ2) is 11.3. The number of hydrogen-bond acceptors (Lipinski definition) is 10. The number of aryl methyl sites for hydroxylation is 1. The van der Waals surface area contributed by atoms with Gasteiger partial charge in [-0.25, -0.2) is 15.0 Å². The Morgan fingerprint density at radius 2 is 2.06 bits per heavy atom. The minimum absolute atomic E-state index is 0.0345. The van der Waals surface area contributed by atoms with Gasteiger partial charge in [0.2, 0.25) is 0 Å². The van der Waals surface area contributed by atoms with Gasteiger partial charge in [0.05, 0.1) is 13.0 Å². The first kappa shape index (κ1) is 23.3. The number of aliphatic carboxylic acids is 1. The maximum atomic E-state index is 10.9. The summed E-state index contributed by atoms with van der Waals surface area (Å²) in [6.45, 7) is 11.5. The molecule has 0 spiro atoms. The van der Waals surface area contributed by atoms with Crippen LogP contribution in [-0.4, -0.2) is 83.2 Å². The van der Waals surface area contributed by atoms with Gasteiger partial charge in [-0.2, -0.15) is 0 Å². The van der Waals surface area contributed by atoms with Crippen LogP contribution in [0.15, 0.2) is 12.3 Å². The first-order chi connectivity index (χ1) is 14.9. The molecule has 0 radical (unpaired) electrons. The lowest BCUT2D eigenvalue weighted by Gasteiger charge is -2.35. The minimum Gasteiger partial charge on any atom is -0.481 e. The van der Waals surface area contributed by atoms with Gasteiger partial charge in [-0.05, 0) is 20.8 Å². The van der Waals surface area contributed by atoms with Crippen LogP contribution in [0.4, 0.5) is 16.8 Å². The van der Waals surface area contributed by atoms with Gasteiger partial charge in [-0.1, -0.05) is 0 Å². The average Bonchev–Trinajstić information content (AvgIpc) is 3.14. The van der Waals surface area contributed by atoms with Crippen LogP contribution in [0, 0.1) is 6.92 Å². The summed E-state index contributed by atoms with van der Waals surface area (Å²) in [6.07, 6.45) is 1.38. The van der Waals surface area contributed by atoms with Crippen LogP contribution in [0.1, 0.15) is 24.5 Å². The zero-order chi connectivity index (χ0) is 22.2. The molecule has 2 N–H and O–H groups in total. The summed E-state index contributed by atoms with van der Waals surface area (Å²) in [5.41, 5.74) is 0. The van der Waals surface area contributed by atoms with Crippen LogP contribution in [0.2, 0.25) is 0 Å². The molecule has 10 nitrogen and oxygen atoms in total. The van der Waals surface area contributed by atoms with E-state index in [1.165, 1.54) is 11.3 Å². The van der Waals surface area contributed by atoms with Gasteiger partial charge >= 0.3 is 5.97 Å². The zero-order valence-corrected chi connectivity index (χ0v) is 19.0. The van der Waals surface area contributed by atoms with E-state index in [0.29, 0.717) is 34.9 Å². The van der Waals surface area contributed by atoms with Gasteiger partial charge in [0, 0.05) is 56.5 Å². The molecule has 1 fully saturated rings. The molecule has 2 aromatic heterocycles. The molecule has 3 rings (SSSR count). The molecule has 1 unspecified atom stereocenters. The Labute approximate surface area is 186 Å². The first-order valence-corrected chi connectivity index (χ1v) is 11.2. The van der Waals surface area contributed by atoms with Crippen molar-refractivity contribution in [1.82, 2.24) is 19.9 Å². The molecule has 11 heteroatoms. The third-order valence-corrected chi connectivity index (χ3v) is 5.71. The largest absolute Gasteiger partial charge is 0.481 e. The molecule has 0 aliphatic carbocycles. The molecule has 1 atom stereocenters. The van der Waals surface area contributed by atoms with E-state index in [2.05, 4.69) is 30.1 Å². The number of rotatable bonds is 11. The lowest BCUT2D eigenvalue weighted by atomic mass is 10.3. The van der Waals surface area contributed by atoms with Crippen molar-refractivity contribution in [2.75, 3.05) is 56.2 Å². The smallest absolute Gasteiger partial charge is 0.308 e. The number of anilines is 3. The van der Waals surface area contributed by atoms with Crippen molar-refractivity contribution in [3.8, 4) is 0 Å². The van der Waals surface area contributed by atoms with Crippen LogP contribution < -0.4 is 10.2 Å². The molecular formula is C20H30N6O4S. The number of thiazole rings is 1. The first-order valence-electron chi connectivity index (χ1n) is 10.4. The minimum atomic E-state index is -0.870. The van der Waals surface area contributed by atoms with Crippen LogP contribution in [-0.2, 0) is 20.7 Å². The molecule has 0 bridgehead atoms. The highest BCUT2D eigenvalue weighted by Crippen LogP contribution is 2.24. The van der Waals surface area contributed by atoms with Crippen molar-refractivity contribution in [2.45, 2.75) is 33.5 Å². The van der Waals surface area contributed by atoms with Gasteiger partial charge < -0.3 is 24.8 Å². The van der Waals surface area contributed by atoms with E-state index in [0.717, 1.165) is 38.5 Å². The second-order valence-electron chi connectivity index (χ2n) is 7.21. The van der Waals surface area contributed by atoms with Gasteiger partial charge in [-0.3, -0.25) is 9.69 Å². The van der Waals surface area contributed by atoms with Gasteiger partial charge in [-0.15, -0.1) is 11.3 Å². The second-order valence-corrected chi connectivity index (χ2v) is 8.32. The summed E-state index contributed by atoms with van der Waals surface area (Å²) < 4.78 is 11.1. The lowest BCUT2D eigenvalue weighted by molar-refractivity contribution is -0.136. The van der Waals surface area contributed by atoms with E-state index in [-0.39, 0.29) is 12.7 Å². The third-order valence-electron chi connectivity index (χ3n) is 4.80. The van der Waals surface area contributed by atoms with Crippen molar-refractivity contribution in [3.05, 3.63) is 23.0 Å². The number of hydrogen-bond donors (Lipinski definition) is 2. The third kappa shape index (κ3) is 7.39. The highest BCUT2D eigenvalue weighted by Gasteiger charge is 2.19. The fourth-order valence-corrected chi connectivity index (χ4v) is 4.13. The van der Waals surface area contributed by atoms with Crippen molar-refractivity contribution in [1.29, 1.82) is 0 Å². The summed E-state index contributed by atoms with van der Waals surface area (Å²) in [4.78, 5) is 29.5. The monoisotopic (exact) mass is 450 g/mol. The summed E-state index contributed by atoms with van der Waals surface area (Å²) in [7, 11) is 0. The van der Waals surface area contributed by atoms with Crippen LogP contribution >= 0.6 is 11.3 Å². The predicted molar refractivity (Wildman–Crippen MR) is 119 cm³/mol. The molecule has 1 aliphatic heterocycles. The van der Waals surface area contributed by atoms with Crippen molar-refractivity contribution in [2.24, 2.45) is 0 Å². The van der Waals surface area contributed by atoms with Crippen LogP contribution in [0.3, 0.4) is 0 Å². The Morgan fingerprint density at radius 3 is 2.77 bits per heavy atom. The topological polar surface area (TPSA) is 113 Å². The zero-order valence-electron chi connectivity index (χ0n) is 18.2. The Morgan fingerprint density at radius 1 is 1.29 bits per heavy atom. The van der Waals surface area contributed by atoms with E-state index in [4.69, 9.17) is 14.6 Å². The fraction of sp³-hybridized carbons (Fsp3) is 0.600. The Balaban J connectivity index is 1.52. The van der Waals surface area contributed by atoms with Crippen LogP contribution in [0.25, 0.3) is 0 Å². The number of piperazine rings is 1. The fourth-order valence-electron chi connectivity index (χ4n) is 3.31. The molecule has 0 aromatic carbocycles. The molecule has 1 saturated heterocycles. The number of carboxylic acids is 1. The maximum Gasteiger partial charge on any atom is 0.308 e. The van der Waals surface area contributed by atoms with Crippen molar-refractivity contribution >= 4 is 34.1 Å². The van der Waals surface area contributed by atoms with Crippen molar-refractivity contribution in [3.63, 3.8) is 0 Å². The molecule has 170 valence electrons. The lowest BCUT2D eigenvalue weighted by Crippen LogP contribution is -2.47. The van der Waals surface area contributed by atoms with Gasteiger partial charge in [0.1, 0.15) is 17.5 Å². The van der Waals surface area contributed by atoms with Gasteiger partial charge in [0.15, 0.2) is 11.4 Å².